The molecule has 9 heteroatoms. The number of aromatic nitrogens is 2. The second-order valence-corrected chi connectivity index (χ2v) is 8.24. The molecule has 0 spiro atoms. The Morgan fingerprint density at radius 3 is 2.47 bits per heavy atom. The van der Waals surface area contributed by atoms with E-state index in [4.69, 9.17) is 4.74 Å². The average molecular weight is 480 g/mol. The van der Waals surface area contributed by atoms with Crippen molar-refractivity contribution in [2.75, 3.05) is 19.0 Å². The third-order valence-electron chi connectivity index (χ3n) is 4.95. The van der Waals surface area contributed by atoms with E-state index >= 15 is 0 Å². The number of anilines is 1. The van der Waals surface area contributed by atoms with E-state index in [9.17, 15) is 19.3 Å². The number of hydrogen-bond acceptors (Lipinski definition) is 7. The van der Waals surface area contributed by atoms with Crippen LogP contribution in [0.3, 0.4) is 0 Å². The van der Waals surface area contributed by atoms with Crippen LogP contribution in [-0.4, -0.2) is 30.0 Å². The van der Waals surface area contributed by atoms with Gasteiger partial charge in [-0.05, 0) is 42.2 Å². The number of nitrogens with zero attached hydrogens (tertiary/aromatic N) is 4. The Morgan fingerprint density at radius 2 is 1.85 bits per heavy atom. The molecule has 1 aromatic carbocycles. The molecular formula is C25H23F2N5OS. The Bertz CT molecular complexity index is 1180. The summed E-state index contributed by atoms with van der Waals surface area (Å²) in [5.41, 5.74) is 2.78. The lowest BCUT2D eigenvalue weighted by atomic mass is 9.96. The lowest BCUT2D eigenvalue weighted by Gasteiger charge is -2.15. The molecule has 6 nitrogen and oxygen atoms in total. The first-order chi connectivity index (χ1) is 16.6. The van der Waals surface area contributed by atoms with Crippen LogP contribution in [0.2, 0.25) is 0 Å². The highest BCUT2D eigenvalue weighted by Crippen LogP contribution is 2.37. The molecule has 2 aromatic heterocycles. The number of nitrogens with one attached hydrogen (secondary N) is 1. The molecule has 3 aromatic rings. The van der Waals surface area contributed by atoms with Gasteiger partial charge in [0.1, 0.15) is 34.3 Å². The summed E-state index contributed by atoms with van der Waals surface area (Å²) in [7, 11) is 1.68. The van der Waals surface area contributed by atoms with E-state index in [0.29, 0.717) is 58.5 Å². The van der Waals surface area contributed by atoms with Gasteiger partial charge in [0, 0.05) is 37.2 Å². The van der Waals surface area contributed by atoms with Crippen LogP contribution in [0, 0.1) is 22.7 Å². The molecule has 0 radical (unpaired) electrons. The minimum Gasteiger partial charge on any atom is -0.494 e. The lowest BCUT2D eigenvalue weighted by Crippen LogP contribution is -2.04. The number of rotatable bonds is 11. The van der Waals surface area contributed by atoms with Gasteiger partial charge in [-0.1, -0.05) is 18.2 Å². The van der Waals surface area contributed by atoms with E-state index in [0.717, 1.165) is 5.56 Å². The topological polar surface area (TPSA) is 94.6 Å². The zero-order valence-corrected chi connectivity index (χ0v) is 19.4. The van der Waals surface area contributed by atoms with E-state index in [-0.39, 0.29) is 12.0 Å². The first-order valence-corrected chi connectivity index (χ1v) is 11.6. The largest absolute Gasteiger partial charge is 0.494 e. The summed E-state index contributed by atoms with van der Waals surface area (Å²) in [5, 5.41) is 23.3. The minimum atomic E-state index is -2.29. The van der Waals surface area contributed by atoms with Crippen molar-refractivity contribution in [2.24, 2.45) is 0 Å². The Morgan fingerprint density at radius 1 is 1.09 bits per heavy atom. The summed E-state index contributed by atoms with van der Waals surface area (Å²) < 4.78 is 30.1. The van der Waals surface area contributed by atoms with E-state index < -0.39 is 6.43 Å². The van der Waals surface area contributed by atoms with Crippen LogP contribution < -0.4 is 10.1 Å². The first-order valence-electron chi connectivity index (χ1n) is 10.7. The number of hydrogen-bond donors (Lipinski definition) is 1. The van der Waals surface area contributed by atoms with Crippen molar-refractivity contribution in [1.82, 2.24) is 9.97 Å². The lowest BCUT2D eigenvalue weighted by molar-refractivity contribution is 0.131. The fourth-order valence-corrected chi connectivity index (χ4v) is 4.22. The molecule has 0 saturated carbocycles. The average Bonchev–Trinajstić information content (AvgIpc) is 2.87. The van der Waals surface area contributed by atoms with Gasteiger partial charge in [0.25, 0.3) is 0 Å². The number of benzene rings is 1. The highest BCUT2D eigenvalue weighted by Gasteiger charge is 2.21. The maximum Gasteiger partial charge on any atom is 0.238 e. The van der Waals surface area contributed by atoms with Crippen molar-refractivity contribution in [1.29, 1.82) is 10.5 Å². The quantitative estimate of drug-likeness (QED) is 0.265. The number of pyridine rings is 2. The number of alkyl halides is 2. The number of thioether (sulfide) groups is 1. The maximum absolute atomic E-state index is 12.2. The molecule has 3 rings (SSSR count). The molecule has 1 N–H and O–H groups in total. The van der Waals surface area contributed by atoms with Crippen LogP contribution in [0.1, 0.15) is 36.0 Å². The normalized spacial score (nSPS) is 10.5. The Balaban J connectivity index is 1.87. The van der Waals surface area contributed by atoms with Crippen molar-refractivity contribution in [2.45, 2.75) is 36.5 Å². The summed E-state index contributed by atoms with van der Waals surface area (Å²) in [6.45, 7) is 0.341. The molecule has 0 atom stereocenters. The Hall–Kier alpha value is -3.69. The van der Waals surface area contributed by atoms with E-state index in [1.807, 2.05) is 12.1 Å². The monoisotopic (exact) mass is 479 g/mol. The van der Waals surface area contributed by atoms with Crippen LogP contribution in [0.25, 0.3) is 11.1 Å². The maximum atomic E-state index is 12.2. The fraction of sp³-hybridized carbons (Fsp3) is 0.280. The second-order valence-electron chi connectivity index (χ2n) is 7.27. The molecule has 34 heavy (non-hydrogen) atoms. The van der Waals surface area contributed by atoms with Crippen molar-refractivity contribution in [3.63, 3.8) is 0 Å². The fourth-order valence-electron chi connectivity index (χ4n) is 3.29. The molecule has 0 aliphatic heterocycles. The highest BCUT2D eigenvalue weighted by molar-refractivity contribution is 7.98. The number of nitriles is 2. The smallest absolute Gasteiger partial charge is 0.238 e. The predicted octanol–water partition coefficient (Wildman–Crippen LogP) is 6.04. The van der Waals surface area contributed by atoms with Gasteiger partial charge in [-0.2, -0.15) is 10.5 Å². The van der Waals surface area contributed by atoms with Gasteiger partial charge in [0.2, 0.25) is 6.43 Å². The van der Waals surface area contributed by atoms with Crippen LogP contribution in [0.15, 0.2) is 53.8 Å². The zero-order valence-electron chi connectivity index (χ0n) is 18.6. The standard InChI is InChI=1S/C25H23F2N5OS/c1-30-24-20(13-28)23(18-7-9-19(10-8-18)33-12-3-2-6-22(26)27)21(14-29)25(32-24)34-16-17-5-4-11-31-15-17/h4-5,7-11,15,22H,2-3,6,12,16H2,1H3,(H,30,32). The number of ether oxygens (including phenoxy) is 1. The van der Waals surface area contributed by atoms with E-state index in [1.54, 1.807) is 43.7 Å². The van der Waals surface area contributed by atoms with Gasteiger partial charge in [-0.15, -0.1) is 11.8 Å². The SMILES string of the molecule is CNc1nc(SCc2cccnc2)c(C#N)c(-c2ccc(OCCCCC(F)F)cc2)c1C#N. The summed E-state index contributed by atoms with van der Waals surface area (Å²) >= 11 is 1.40. The number of halogens is 2. The van der Waals surface area contributed by atoms with Crippen molar-refractivity contribution in [3.8, 4) is 29.0 Å². The zero-order chi connectivity index (χ0) is 24.3. The molecule has 0 aliphatic carbocycles. The molecule has 0 amide bonds. The van der Waals surface area contributed by atoms with Gasteiger partial charge in [0.05, 0.1) is 12.2 Å². The Kier molecular flexibility index (Phi) is 9.19. The van der Waals surface area contributed by atoms with Crippen molar-refractivity contribution >= 4 is 17.6 Å². The van der Waals surface area contributed by atoms with Crippen LogP contribution in [-0.2, 0) is 5.75 Å². The Labute approximate surface area is 201 Å². The molecule has 0 saturated heterocycles. The highest BCUT2D eigenvalue weighted by atomic mass is 32.2. The molecule has 0 unspecified atom stereocenters. The van der Waals surface area contributed by atoms with Gasteiger partial charge in [-0.3, -0.25) is 4.98 Å². The second kappa shape index (κ2) is 12.5. The molecule has 174 valence electrons. The van der Waals surface area contributed by atoms with Gasteiger partial charge in [-0.25, -0.2) is 13.8 Å². The van der Waals surface area contributed by atoms with E-state index in [2.05, 4.69) is 27.4 Å². The molecular weight excluding hydrogens is 456 g/mol. The predicted molar refractivity (Wildman–Crippen MR) is 128 cm³/mol. The van der Waals surface area contributed by atoms with Crippen LogP contribution in [0.5, 0.6) is 5.75 Å². The molecule has 2 heterocycles. The molecule has 0 fully saturated rings. The third-order valence-corrected chi connectivity index (χ3v) is 6.00. The summed E-state index contributed by atoms with van der Waals surface area (Å²) in [6, 6.07) is 15.2. The third kappa shape index (κ3) is 6.43. The van der Waals surface area contributed by atoms with Crippen LogP contribution >= 0.6 is 11.8 Å². The molecule has 0 aliphatic rings. The first kappa shape index (κ1) is 24.9. The van der Waals surface area contributed by atoms with Gasteiger partial charge < -0.3 is 10.1 Å². The van der Waals surface area contributed by atoms with E-state index in [1.165, 1.54) is 11.8 Å². The summed E-state index contributed by atoms with van der Waals surface area (Å²) in [4.78, 5) is 8.64. The van der Waals surface area contributed by atoms with Gasteiger partial charge in [0.15, 0.2) is 0 Å². The van der Waals surface area contributed by atoms with Crippen molar-refractivity contribution < 1.29 is 13.5 Å². The summed E-state index contributed by atoms with van der Waals surface area (Å²) in [6.07, 6.45) is 1.97. The van der Waals surface area contributed by atoms with Gasteiger partial charge >= 0.3 is 0 Å². The molecule has 0 bridgehead atoms. The van der Waals surface area contributed by atoms with Crippen LogP contribution in [0.4, 0.5) is 14.6 Å². The number of unbranched alkanes of at least 4 members (excludes halogenated alkanes) is 1. The minimum absolute atomic E-state index is 0.132. The summed E-state index contributed by atoms with van der Waals surface area (Å²) in [5.74, 6) is 1.55. The van der Waals surface area contributed by atoms with Crippen molar-refractivity contribution in [3.05, 3.63) is 65.5 Å².